The maximum Gasteiger partial charge on any atom is 0.584 e. The summed E-state index contributed by atoms with van der Waals surface area (Å²) in [5.74, 6) is 2.52. The highest BCUT2D eigenvalue weighted by Crippen LogP contribution is 2.45. The molecule has 0 fully saturated rings. The lowest BCUT2D eigenvalue weighted by Crippen LogP contribution is -2.06. The van der Waals surface area contributed by atoms with Crippen molar-refractivity contribution in [3.05, 3.63) is 106 Å². The van der Waals surface area contributed by atoms with Crippen LogP contribution in [0.3, 0.4) is 0 Å². The number of hydrogen-bond donors (Lipinski definition) is 1. The van der Waals surface area contributed by atoms with E-state index in [9.17, 15) is 19.0 Å². The zero-order chi connectivity index (χ0) is 34.1. The van der Waals surface area contributed by atoms with Crippen molar-refractivity contribution in [2.75, 3.05) is 28.4 Å². The first-order chi connectivity index (χ1) is 22.4. The molecule has 4 aromatic rings. The summed E-state index contributed by atoms with van der Waals surface area (Å²) in [6, 6.07) is 20.0. The number of hydrogen-bond acceptors (Lipinski definition) is 9. The van der Waals surface area contributed by atoms with E-state index in [4.69, 9.17) is 28.0 Å². The van der Waals surface area contributed by atoms with E-state index in [-0.39, 0.29) is 35.9 Å². The van der Waals surface area contributed by atoms with E-state index in [0.29, 0.717) is 58.1 Å². The van der Waals surface area contributed by atoms with Crippen LogP contribution in [-0.2, 0) is 17.4 Å². The molecular weight excluding hydrogens is 623 g/mol. The van der Waals surface area contributed by atoms with Crippen LogP contribution in [0.4, 0.5) is 0 Å². The Labute approximate surface area is 274 Å². The topological polar surface area (TPSA) is 127 Å². The zero-order valence-corrected chi connectivity index (χ0v) is 28.2. The van der Waals surface area contributed by atoms with Crippen LogP contribution >= 0.6 is 7.82 Å². The molecule has 11 heteroatoms. The van der Waals surface area contributed by atoms with Crippen molar-refractivity contribution in [1.29, 1.82) is 0 Å². The summed E-state index contributed by atoms with van der Waals surface area (Å²) in [5.41, 5.74) is 3.91. The first-order valence-corrected chi connectivity index (χ1v) is 16.4. The molecule has 0 bridgehead atoms. The van der Waals surface area contributed by atoms with Gasteiger partial charge in [-0.25, -0.2) is 4.57 Å². The van der Waals surface area contributed by atoms with E-state index < -0.39 is 7.82 Å². The lowest BCUT2D eigenvalue weighted by atomic mass is 9.99. The van der Waals surface area contributed by atoms with Crippen molar-refractivity contribution in [1.82, 2.24) is 0 Å². The zero-order valence-electron chi connectivity index (χ0n) is 27.3. The molecule has 47 heavy (non-hydrogen) atoms. The second-order valence-electron chi connectivity index (χ2n) is 10.9. The Balaban J connectivity index is 1.35. The SMILES string of the molecule is COc1cc(CCC(=O)c2ccc(OP(=O)(O)Oc3ccc(C(=O)CCc4cc(OC)cc(OC)c4)c(C)c3)cc2C)cc(OC)c1. The number of methoxy groups -OCH3 is 4. The average molecular weight is 663 g/mol. The lowest BCUT2D eigenvalue weighted by Gasteiger charge is -2.16. The number of phosphoric ester groups is 1. The highest BCUT2D eigenvalue weighted by atomic mass is 31.2. The normalized spacial score (nSPS) is 11.0. The van der Waals surface area contributed by atoms with E-state index in [1.54, 1.807) is 66.6 Å². The van der Waals surface area contributed by atoms with E-state index in [1.807, 2.05) is 24.3 Å². The van der Waals surface area contributed by atoms with E-state index >= 15 is 0 Å². The minimum atomic E-state index is -4.61. The van der Waals surface area contributed by atoms with Crippen LogP contribution in [0.15, 0.2) is 72.8 Å². The number of Topliss-reactive ketones (excluding diaryl/α,β-unsaturated/α-hetero) is 2. The van der Waals surface area contributed by atoms with Gasteiger partial charge in [-0.3, -0.25) is 14.5 Å². The first-order valence-electron chi connectivity index (χ1n) is 14.9. The van der Waals surface area contributed by atoms with Crippen molar-refractivity contribution in [2.24, 2.45) is 0 Å². The largest absolute Gasteiger partial charge is 0.584 e. The van der Waals surface area contributed by atoms with Gasteiger partial charge in [-0.15, -0.1) is 0 Å². The Morgan fingerprint density at radius 1 is 0.553 bits per heavy atom. The predicted molar refractivity (Wildman–Crippen MR) is 178 cm³/mol. The fourth-order valence-electron chi connectivity index (χ4n) is 5.10. The summed E-state index contributed by atoms with van der Waals surface area (Å²) < 4.78 is 44.7. The number of ether oxygens (including phenoxy) is 4. The fraction of sp³-hybridized carbons (Fsp3) is 0.278. The molecule has 4 rings (SSSR count). The van der Waals surface area contributed by atoms with Gasteiger partial charge >= 0.3 is 7.82 Å². The van der Waals surface area contributed by atoms with Gasteiger partial charge in [-0.2, -0.15) is 0 Å². The summed E-state index contributed by atoms with van der Waals surface area (Å²) >= 11 is 0. The molecule has 0 unspecified atom stereocenters. The molecule has 10 nitrogen and oxygen atoms in total. The smallest absolute Gasteiger partial charge is 0.497 e. The standard InChI is InChI=1S/C36H39O10P/c1-23-15-27(9-11-33(23)35(37)13-7-25-17-29(41-3)21-30(18-25)42-4)45-47(39,40)46-28-10-12-34(24(2)16-28)36(38)14-8-26-19-31(43-5)22-32(20-26)44-6/h9-12,15-22H,7-8,13-14H2,1-6H3,(H,39,40). The van der Waals surface area contributed by atoms with Gasteiger partial charge in [0.05, 0.1) is 28.4 Å². The van der Waals surface area contributed by atoms with Crippen LogP contribution < -0.4 is 28.0 Å². The number of ketones is 2. The van der Waals surface area contributed by atoms with Crippen LogP contribution in [-0.4, -0.2) is 44.9 Å². The summed E-state index contributed by atoms with van der Waals surface area (Å²) in [5, 5.41) is 0. The molecule has 0 atom stereocenters. The van der Waals surface area contributed by atoms with Crippen molar-refractivity contribution in [3.8, 4) is 34.5 Å². The van der Waals surface area contributed by atoms with Gasteiger partial charge in [0.1, 0.15) is 34.5 Å². The van der Waals surface area contributed by atoms with Crippen molar-refractivity contribution < 1.29 is 47.0 Å². The van der Waals surface area contributed by atoms with Crippen molar-refractivity contribution >= 4 is 19.4 Å². The minimum absolute atomic E-state index is 0.0695. The lowest BCUT2D eigenvalue weighted by molar-refractivity contribution is 0.0974. The van der Waals surface area contributed by atoms with Gasteiger partial charge in [0.15, 0.2) is 11.6 Å². The number of carbonyl (C=O) groups excluding carboxylic acids is 2. The van der Waals surface area contributed by atoms with E-state index in [1.165, 1.54) is 24.3 Å². The summed E-state index contributed by atoms with van der Waals surface area (Å²) in [4.78, 5) is 36.5. The second kappa shape index (κ2) is 15.7. The molecule has 0 aliphatic carbocycles. The van der Waals surface area contributed by atoms with Gasteiger partial charge in [0.2, 0.25) is 0 Å². The van der Waals surface area contributed by atoms with Gasteiger partial charge in [0.25, 0.3) is 0 Å². The Hall–Kier alpha value is -4.79. The number of phosphoric acid groups is 1. The van der Waals surface area contributed by atoms with Crippen molar-refractivity contribution in [2.45, 2.75) is 39.5 Å². The second-order valence-corrected chi connectivity index (χ2v) is 12.2. The van der Waals surface area contributed by atoms with Crippen LogP contribution in [0.1, 0.15) is 55.8 Å². The molecule has 0 aromatic heterocycles. The van der Waals surface area contributed by atoms with Gasteiger partial charge < -0.3 is 28.0 Å². The molecule has 1 N–H and O–H groups in total. The Kier molecular flexibility index (Phi) is 11.7. The van der Waals surface area contributed by atoms with Gasteiger partial charge in [0, 0.05) is 36.1 Å². The van der Waals surface area contributed by atoms with Crippen LogP contribution in [0.2, 0.25) is 0 Å². The van der Waals surface area contributed by atoms with E-state index in [0.717, 1.165) is 11.1 Å². The third kappa shape index (κ3) is 9.61. The molecule has 248 valence electrons. The summed E-state index contributed by atoms with van der Waals surface area (Å²) in [7, 11) is 1.66. The van der Waals surface area contributed by atoms with Crippen LogP contribution in [0, 0.1) is 13.8 Å². The van der Waals surface area contributed by atoms with Crippen molar-refractivity contribution in [3.63, 3.8) is 0 Å². The Morgan fingerprint density at radius 2 is 0.894 bits per heavy atom. The number of aryl methyl sites for hydroxylation is 4. The molecule has 4 aromatic carbocycles. The molecule has 0 radical (unpaired) electrons. The molecular formula is C36H39O10P. The molecule has 0 saturated heterocycles. The van der Waals surface area contributed by atoms with Gasteiger partial charge in [-0.1, -0.05) is 0 Å². The Bertz CT molecular complexity index is 1630. The fourth-order valence-corrected chi connectivity index (χ4v) is 5.90. The quantitative estimate of drug-likeness (QED) is 0.0950. The highest BCUT2D eigenvalue weighted by Gasteiger charge is 2.26. The van der Waals surface area contributed by atoms with Crippen LogP contribution in [0.25, 0.3) is 0 Å². The molecule has 0 aliphatic heterocycles. The maximum absolute atomic E-state index is 13.0. The average Bonchev–Trinajstić information content (AvgIpc) is 3.05. The summed E-state index contributed by atoms with van der Waals surface area (Å²) in [6.07, 6.45) is 1.44. The summed E-state index contributed by atoms with van der Waals surface area (Å²) in [6.45, 7) is 3.45. The Morgan fingerprint density at radius 3 is 1.19 bits per heavy atom. The third-order valence-corrected chi connectivity index (χ3v) is 8.43. The highest BCUT2D eigenvalue weighted by molar-refractivity contribution is 7.48. The van der Waals surface area contributed by atoms with Gasteiger partial charge in [-0.05, 0) is 110 Å². The monoisotopic (exact) mass is 662 g/mol. The third-order valence-electron chi connectivity index (χ3n) is 7.54. The molecule has 0 aliphatic rings. The molecule has 0 saturated carbocycles. The predicted octanol–water partition coefficient (Wildman–Crippen LogP) is 7.53. The first kappa shape index (κ1) is 35.1. The van der Waals surface area contributed by atoms with Crippen LogP contribution in [0.5, 0.6) is 34.5 Å². The van der Waals surface area contributed by atoms with E-state index in [2.05, 4.69) is 0 Å². The molecule has 0 heterocycles. The molecule has 0 spiro atoms. The minimum Gasteiger partial charge on any atom is -0.497 e. The number of benzene rings is 4. The number of carbonyl (C=O) groups is 2. The maximum atomic E-state index is 13.0. The molecule has 0 amide bonds. The number of rotatable bonds is 16.